The Morgan fingerprint density at radius 1 is 1.33 bits per heavy atom. The number of carbonyl (C=O) groups excluding carboxylic acids is 1. The molecule has 0 fully saturated rings. The molecule has 5 heteroatoms. The van der Waals surface area contributed by atoms with E-state index in [1.807, 2.05) is 12.1 Å². The molecule has 5 nitrogen and oxygen atoms in total. The molecule has 0 atom stereocenters. The predicted molar refractivity (Wildman–Crippen MR) is 54.6 cm³/mol. The molecule has 0 aliphatic carbocycles. The van der Waals surface area contributed by atoms with Crippen LogP contribution in [0, 0.1) is 22.7 Å². The number of amides is 1. The fraction of sp³-hybridized carbons (Fsp3) is 0.100. The molecule has 0 spiro atoms. The summed E-state index contributed by atoms with van der Waals surface area (Å²) in [4.78, 5) is 10.8. The van der Waals surface area contributed by atoms with Crippen molar-refractivity contribution in [2.75, 3.05) is 11.1 Å². The van der Waals surface area contributed by atoms with E-state index in [2.05, 4.69) is 5.32 Å². The average molecular weight is 200 g/mol. The second-order valence-electron chi connectivity index (χ2n) is 2.89. The van der Waals surface area contributed by atoms with Gasteiger partial charge in [-0.3, -0.25) is 4.79 Å². The lowest BCUT2D eigenvalue weighted by molar-refractivity contribution is -0.114. The third kappa shape index (κ3) is 2.23. The molecule has 1 aromatic rings. The van der Waals surface area contributed by atoms with E-state index in [0.717, 1.165) is 0 Å². The van der Waals surface area contributed by atoms with Gasteiger partial charge < -0.3 is 11.1 Å². The number of nitrogens with two attached hydrogens (primary N) is 1. The molecule has 1 amide bonds. The van der Waals surface area contributed by atoms with Crippen LogP contribution in [0.2, 0.25) is 0 Å². The number of anilines is 2. The minimum atomic E-state index is -0.271. The highest BCUT2D eigenvalue weighted by molar-refractivity contribution is 5.90. The highest BCUT2D eigenvalue weighted by Gasteiger charge is 2.08. The quantitative estimate of drug-likeness (QED) is 0.659. The molecule has 0 aliphatic rings. The van der Waals surface area contributed by atoms with Gasteiger partial charge in [-0.1, -0.05) is 0 Å². The van der Waals surface area contributed by atoms with Crippen LogP contribution in [-0.4, -0.2) is 5.91 Å². The molecule has 0 aliphatic heterocycles. The van der Waals surface area contributed by atoms with Crippen LogP contribution in [0.5, 0.6) is 0 Å². The topological polar surface area (TPSA) is 103 Å². The second-order valence-corrected chi connectivity index (χ2v) is 2.89. The van der Waals surface area contributed by atoms with Gasteiger partial charge in [0.1, 0.15) is 12.1 Å². The van der Waals surface area contributed by atoms with Gasteiger partial charge in [-0.2, -0.15) is 10.5 Å². The van der Waals surface area contributed by atoms with Crippen molar-refractivity contribution in [1.82, 2.24) is 0 Å². The smallest absolute Gasteiger partial charge is 0.221 e. The van der Waals surface area contributed by atoms with Gasteiger partial charge in [0.25, 0.3) is 0 Å². The lowest BCUT2D eigenvalue weighted by Crippen LogP contribution is -2.07. The SMILES string of the molecule is CC(=O)Nc1cc(C#N)c(N)c(C#N)c1. The second kappa shape index (κ2) is 4.12. The Balaban J connectivity index is 3.30. The Labute approximate surface area is 86.7 Å². The van der Waals surface area contributed by atoms with Gasteiger partial charge in [0.2, 0.25) is 5.91 Å². The number of benzene rings is 1. The van der Waals surface area contributed by atoms with E-state index in [9.17, 15) is 4.79 Å². The first-order valence-corrected chi connectivity index (χ1v) is 4.09. The Morgan fingerprint density at radius 3 is 2.13 bits per heavy atom. The van der Waals surface area contributed by atoms with Crippen molar-refractivity contribution in [2.24, 2.45) is 0 Å². The highest BCUT2D eigenvalue weighted by atomic mass is 16.1. The zero-order valence-electron chi connectivity index (χ0n) is 8.03. The van der Waals surface area contributed by atoms with Crippen LogP contribution >= 0.6 is 0 Å². The molecule has 15 heavy (non-hydrogen) atoms. The molecule has 0 saturated heterocycles. The maximum Gasteiger partial charge on any atom is 0.221 e. The minimum absolute atomic E-state index is 0.133. The molecule has 0 bridgehead atoms. The summed E-state index contributed by atoms with van der Waals surface area (Å²) in [5.41, 5.74) is 6.43. The molecule has 0 unspecified atom stereocenters. The number of nitriles is 2. The van der Waals surface area contributed by atoms with Gasteiger partial charge in [-0.15, -0.1) is 0 Å². The minimum Gasteiger partial charge on any atom is -0.397 e. The van der Waals surface area contributed by atoms with Crippen LogP contribution in [0.3, 0.4) is 0 Å². The lowest BCUT2D eigenvalue weighted by atomic mass is 10.1. The number of nitrogen functional groups attached to an aromatic ring is 1. The maximum absolute atomic E-state index is 10.8. The van der Waals surface area contributed by atoms with E-state index in [4.69, 9.17) is 16.3 Å². The van der Waals surface area contributed by atoms with Crippen molar-refractivity contribution in [1.29, 1.82) is 10.5 Å². The summed E-state index contributed by atoms with van der Waals surface area (Å²) < 4.78 is 0. The molecule has 0 heterocycles. The first-order valence-electron chi connectivity index (χ1n) is 4.09. The Kier molecular flexibility index (Phi) is 2.90. The van der Waals surface area contributed by atoms with E-state index >= 15 is 0 Å². The summed E-state index contributed by atoms with van der Waals surface area (Å²) in [6.07, 6.45) is 0. The fourth-order valence-corrected chi connectivity index (χ4v) is 1.11. The summed E-state index contributed by atoms with van der Waals surface area (Å²) >= 11 is 0. The van der Waals surface area contributed by atoms with Crippen molar-refractivity contribution in [3.63, 3.8) is 0 Å². The third-order valence-corrected chi connectivity index (χ3v) is 1.74. The normalized spacial score (nSPS) is 8.73. The number of rotatable bonds is 1. The van der Waals surface area contributed by atoms with Crippen LogP contribution in [0.25, 0.3) is 0 Å². The van der Waals surface area contributed by atoms with Gasteiger partial charge in [-0.25, -0.2) is 0 Å². The molecule has 0 radical (unpaired) electrons. The van der Waals surface area contributed by atoms with Gasteiger partial charge in [-0.05, 0) is 12.1 Å². The molecule has 0 aromatic heterocycles. The van der Waals surface area contributed by atoms with Gasteiger partial charge >= 0.3 is 0 Å². The number of carbonyl (C=O) groups is 1. The monoisotopic (exact) mass is 200 g/mol. The molecule has 3 N–H and O–H groups in total. The summed E-state index contributed by atoms with van der Waals surface area (Å²) in [6.45, 7) is 1.34. The number of hydrogen-bond acceptors (Lipinski definition) is 4. The van der Waals surface area contributed by atoms with Crippen molar-refractivity contribution in [3.05, 3.63) is 23.3 Å². The van der Waals surface area contributed by atoms with Crippen LogP contribution in [-0.2, 0) is 4.79 Å². The molecule has 74 valence electrons. The van der Waals surface area contributed by atoms with E-state index in [1.165, 1.54) is 19.1 Å². The first kappa shape index (κ1) is 10.6. The summed E-state index contributed by atoms with van der Waals surface area (Å²) in [6, 6.07) is 6.57. The molecular formula is C10H8N4O. The predicted octanol–water partition coefficient (Wildman–Crippen LogP) is 0.971. The summed E-state index contributed by atoms with van der Waals surface area (Å²) in [5.74, 6) is -0.271. The van der Waals surface area contributed by atoms with Gasteiger partial charge in [0, 0.05) is 12.6 Å². The van der Waals surface area contributed by atoms with Gasteiger partial charge in [0.05, 0.1) is 16.8 Å². The summed E-state index contributed by atoms with van der Waals surface area (Å²) in [5, 5.41) is 20.0. The lowest BCUT2D eigenvalue weighted by Gasteiger charge is -2.05. The average Bonchev–Trinajstić information content (AvgIpc) is 2.19. The van der Waals surface area contributed by atoms with E-state index in [-0.39, 0.29) is 22.7 Å². The molecule has 1 rings (SSSR count). The van der Waals surface area contributed by atoms with Crippen molar-refractivity contribution in [2.45, 2.75) is 6.92 Å². The van der Waals surface area contributed by atoms with E-state index in [1.54, 1.807) is 0 Å². The van der Waals surface area contributed by atoms with Gasteiger partial charge in [0.15, 0.2) is 0 Å². The summed E-state index contributed by atoms with van der Waals surface area (Å²) in [7, 11) is 0. The van der Waals surface area contributed by atoms with Crippen LogP contribution in [0.1, 0.15) is 18.1 Å². The maximum atomic E-state index is 10.8. The number of nitrogens with zero attached hydrogens (tertiary/aromatic N) is 2. The van der Waals surface area contributed by atoms with Crippen LogP contribution in [0.15, 0.2) is 12.1 Å². The van der Waals surface area contributed by atoms with Crippen molar-refractivity contribution >= 4 is 17.3 Å². The fourth-order valence-electron chi connectivity index (χ4n) is 1.11. The van der Waals surface area contributed by atoms with Crippen LogP contribution < -0.4 is 11.1 Å². The zero-order valence-corrected chi connectivity index (χ0v) is 8.03. The van der Waals surface area contributed by atoms with E-state index in [0.29, 0.717) is 5.69 Å². The van der Waals surface area contributed by atoms with E-state index < -0.39 is 0 Å². The Morgan fingerprint density at radius 2 is 1.80 bits per heavy atom. The molecular weight excluding hydrogens is 192 g/mol. The third-order valence-electron chi connectivity index (χ3n) is 1.74. The number of hydrogen-bond donors (Lipinski definition) is 2. The van der Waals surface area contributed by atoms with Crippen LogP contribution in [0.4, 0.5) is 11.4 Å². The standard InChI is InChI=1S/C10H8N4O/c1-6(15)14-9-2-7(4-11)10(13)8(3-9)5-12/h2-3H,13H2,1H3,(H,14,15). The Hall–Kier alpha value is -2.53. The highest BCUT2D eigenvalue weighted by Crippen LogP contribution is 2.22. The van der Waals surface area contributed by atoms with Crippen molar-refractivity contribution < 1.29 is 4.79 Å². The number of nitrogens with one attached hydrogen (secondary N) is 1. The first-order chi connectivity index (χ1) is 7.08. The zero-order chi connectivity index (χ0) is 11.4. The Bertz CT molecular complexity index is 458. The van der Waals surface area contributed by atoms with Crippen molar-refractivity contribution in [3.8, 4) is 12.1 Å². The molecule has 0 saturated carbocycles. The molecule has 1 aromatic carbocycles. The largest absolute Gasteiger partial charge is 0.397 e.